The molecule has 0 saturated heterocycles. The van der Waals surface area contributed by atoms with Gasteiger partial charge >= 0.3 is 0 Å². The van der Waals surface area contributed by atoms with E-state index in [4.69, 9.17) is 9.15 Å². The Labute approximate surface area is 168 Å². The lowest BCUT2D eigenvalue weighted by atomic mass is 9.95. The summed E-state index contributed by atoms with van der Waals surface area (Å²) in [5.74, 6) is 1.46. The molecule has 0 saturated carbocycles. The molecular weight excluding hydrogens is 372 g/mol. The minimum atomic E-state index is -0.0855. The maximum absolute atomic E-state index is 13.0. The van der Waals surface area contributed by atoms with Gasteiger partial charge in [0.05, 0.1) is 25.5 Å². The highest BCUT2D eigenvalue weighted by molar-refractivity contribution is 7.16. The zero-order valence-corrected chi connectivity index (χ0v) is 16.6. The van der Waals surface area contributed by atoms with E-state index in [9.17, 15) is 4.79 Å². The molecule has 28 heavy (non-hydrogen) atoms. The molecule has 2 aromatic heterocycles. The van der Waals surface area contributed by atoms with E-state index in [0.29, 0.717) is 6.54 Å². The van der Waals surface area contributed by atoms with Crippen molar-refractivity contribution in [1.29, 1.82) is 0 Å². The van der Waals surface area contributed by atoms with Crippen molar-refractivity contribution >= 4 is 28.5 Å². The summed E-state index contributed by atoms with van der Waals surface area (Å²) in [5, 5.41) is 3.75. The van der Waals surface area contributed by atoms with Crippen LogP contribution in [0.25, 0.3) is 0 Å². The predicted molar refractivity (Wildman–Crippen MR) is 111 cm³/mol. The summed E-state index contributed by atoms with van der Waals surface area (Å²) < 4.78 is 10.5. The van der Waals surface area contributed by atoms with Crippen LogP contribution in [0.3, 0.4) is 0 Å². The molecule has 0 radical (unpaired) electrons. The largest absolute Gasteiger partial charge is 0.497 e. The van der Waals surface area contributed by atoms with Crippen molar-refractivity contribution in [3.05, 3.63) is 70.0 Å². The van der Waals surface area contributed by atoms with E-state index in [-0.39, 0.29) is 5.91 Å². The van der Waals surface area contributed by atoms with Gasteiger partial charge in [-0.1, -0.05) is 0 Å². The zero-order chi connectivity index (χ0) is 19.3. The molecule has 0 atom stereocenters. The van der Waals surface area contributed by atoms with Crippen LogP contribution in [-0.4, -0.2) is 19.2 Å². The number of hydrogen-bond acceptors (Lipinski definition) is 5. The Hall–Kier alpha value is -2.86. The molecule has 2 heterocycles. The maximum Gasteiger partial charge on any atom is 0.255 e. The second-order valence-electron chi connectivity index (χ2n) is 6.68. The van der Waals surface area contributed by atoms with Crippen molar-refractivity contribution in [3.8, 4) is 5.75 Å². The minimum Gasteiger partial charge on any atom is -0.497 e. The lowest BCUT2D eigenvalue weighted by Gasteiger charge is -2.12. The lowest BCUT2D eigenvalue weighted by molar-refractivity contribution is 0.0948. The van der Waals surface area contributed by atoms with Gasteiger partial charge in [0, 0.05) is 11.1 Å². The second-order valence-corrected chi connectivity index (χ2v) is 7.77. The Bertz CT molecular complexity index is 972. The van der Waals surface area contributed by atoms with Gasteiger partial charge in [-0.3, -0.25) is 4.79 Å². The number of nitrogens with zero attached hydrogens (tertiary/aromatic N) is 1. The summed E-state index contributed by atoms with van der Waals surface area (Å²) in [7, 11) is 1.65. The standard InChI is InChI=1S/C22H22N2O3S/c1-26-16-10-8-15(9-11-16)13-24-22-20(18-6-2-3-7-19(18)28-22)21(25)23-14-17-5-4-12-27-17/h4-5,8-13H,2-3,6-7,14H2,1H3,(H,23,25). The van der Waals surface area contributed by atoms with Gasteiger partial charge < -0.3 is 14.5 Å². The van der Waals surface area contributed by atoms with Crippen molar-refractivity contribution in [2.75, 3.05) is 7.11 Å². The number of rotatable bonds is 6. The first-order valence-corrected chi connectivity index (χ1v) is 10.2. The van der Waals surface area contributed by atoms with E-state index in [1.165, 1.54) is 11.3 Å². The molecule has 0 spiro atoms. The van der Waals surface area contributed by atoms with Crippen LogP contribution >= 0.6 is 11.3 Å². The Morgan fingerprint density at radius 1 is 1.25 bits per heavy atom. The molecule has 6 heteroatoms. The van der Waals surface area contributed by atoms with Crippen LogP contribution in [0.2, 0.25) is 0 Å². The average Bonchev–Trinajstić information content (AvgIpc) is 3.38. The van der Waals surface area contributed by atoms with Crippen LogP contribution in [0, 0.1) is 0 Å². The number of amides is 1. The van der Waals surface area contributed by atoms with Gasteiger partial charge in [0.1, 0.15) is 16.5 Å². The molecule has 0 unspecified atom stereocenters. The van der Waals surface area contributed by atoms with Crippen molar-refractivity contribution < 1.29 is 13.9 Å². The third-order valence-electron chi connectivity index (χ3n) is 4.83. The fraction of sp³-hybridized carbons (Fsp3) is 0.273. The number of aryl methyl sites for hydroxylation is 1. The first-order chi connectivity index (χ1) is 13.7. The summed E-state index contributed by atoms with van der Waals surface area (Å²) in [6.45, 7) is 0.373. The molecular formula is C22H22N2O3S. The number of nitrogens with one attached hydrogen (secondary N) is 1. The highest BCUT2D eigenvalue weighted by Crippen LogP contribution is 2.39. The molecule has 144 valence electrons. The van der Waals surface area contributed by atoms with Gasteiger partial charge in [0.25, 0.3) is 5.91 Å². The molecule has 1 aromatic carbocycles. The fourth-order valence-corrected chi connectivity index (χ4v) is 4.60. The zero-order valence-electron chi connectivity index (χ0n) is 15.7. The fourth-order valence-electron chi connectivity index (χ4n) is 3.37. The number of carbonyl (C=O) groups excluding carboxylic acids is 1. The Morgan fingerprint density at radius 2 is 2.07 bits per heavy atom. The third kappa shape index (κ3) is 4.02. The van der Waals surface area contributed by atoms with Gasteiger partial charge in [-0.15, -0.1) is 11.3 Å². The summed E-state index contributed by atoms with van der Waals surface area (Å²) >= 11 is 1.63. The minimum absolute atomic E-state index is 0.0855. The van der Waals surface area contributed by atoms with Gasteiger partial charge in [0.2, 0.25) is 0 Å². The SMILES string of the molecule is COc1ccc(C=Nc2sc3c(c2C(=O)NCc2ccco2)CCCC3)cc1. The predicted octanol–water partition coefficient (Wildman–Crippen LogP) is 4.91. The Kier molecular flexibility index (Phi) is 5.58. The number of thiophene rings is 1. The Morgan fingerprint density at radius 3 is 2.82 bits per heavy atom. The van der Waals surface area contributed by atoms with Crippen molar-refractivity contribution in [3.63, 3.8) is 0 Å². The number of fused-ring (bicyclic) bond motifs is 1. The van der Waals surface area contributed by atoms with E-state index in [2.05, 4.69) is 10.3 Å². The van der Waals surface area contributed by atoms with E-state index in [1.54, 1.807) is 30.9 Å². The van der Waals surface area contributed by atoms with Crippen LogP contribution in [0.15, 0.2) is 52.1 Å². The van der Waals surface area contributed by atoms with Crippen LogP contribution < -0.4 is 10.1 Å². The van der Waals surface area contributed by atoms with E-state index in [0.717, 1.165) is 52.5 Å². The number of ether oxygens (including phenoxy) is 1. The monoisotopic (exact) mass is 394 g/mol. The average molecular weight is 394 g/mol. The topological polar surface area (TPSA) is 63.8 Å². The highest BCUT2D eigenvalue weighted by atomic mass is 32.1. The molecule has 5 nitrogen and oxygen atoms in total. The van der Waals surface area contributed by atoms with Crippen molar-refractivity contribution in [2.45, 2.75) is 32.2 Å². The molecule has 1 amide bonds. The maximum atomic E-state index is 13.0. The molecule has 0 bridgehead atoms. The number of aliphatic imine (C=N–C) groups is 1. The van der Waals surface area contributed by atoms with E-state index >= 15 is 0 Å². The number of benzene rings is 1. The molecule has 1 N–H and O–H groups in total. The first-order valence-electron chi connectivity index (χ1n) is 9.38. The van der Waals surface area contributed by atoms with E-state index < -0.39 is 0 Å². The number of furan rings is 1. The summed E-state index contributed by atoms with van der Waals surface area (Å²) in [6, 6.07) is 11.4. The van der Waals surface area contributed by atoms with Crippen LogP contribution in [-0.2, 0) is 19.4 Å². The van der Waals surface area contributed by atoms with Crippen molar-refractivity contribution in [1.82, 2.24) is 5.32 Å². The van der Waals surface area contributed by atoms with Gasteiger partial charge in [0.15, 0.2) is 0 Å². The van der Waals surface area contributed by atoms with Crippen LogP contribution in [0.4, 0.5) is 5.00 Å². The van der Waals surface area contributed by atoms with E-state index in [1.807, 2.05) is 36.4 Å². The van der Waals surface area contributed by atoms with Gasteiger partial charge in [-0.05, 0) is 73.2 Å². The molecule has 1 aliphatic rings. The summed E-state index contributed by atoms with van der Waals surface area (Å²) in [5.41, 5.74) is 2.85. The summed E-state index contributed by atoms with van der Waals surface area (Å²) in [4.78, 5) is 18.9. The van der Waals surface area contributed by atoms with Crippen LogP contribution in [0.5, 0.6) is 5.75 Å². The highest BCUT2D eigenvalue weighted by Gasteiger charge is 2.25. The molecule has 3 aromatic rings. The Balaban J connectivity index is 1.59. The number of methoxy groups -OCH3 is 1. The molecule has 1 aliphatic carbocycles. The van der Waals surface area contributed by atoms with Crippen molar-refractivity contribution in [2.24, 2.45) is 4.99 Å². The normalized spacial score (nSPS) is 13.5. The lowest BCUT2D eigenvalue weighted by Crippen LogP contribution is -2.23. The molecule has 4 rings (SSSR count). The van der Waals surface area contributed by atoms with Gasteiger partial charge in [-0.2, -0.15) is 0 Å². The molecule has 0 aliphatic heterocycles. The quantitative estimate of drug-likeness (QED) is 0.604. The number of hydrogen-bond donors (Lipinski definition) is 1. The third-order valence-corrected chi connectivity index (χ3v) is 6.03. The second kappa shape index (κ2) is 8.44. The number of carbonyl (C=O) groups is 1. The summed E-state index contributed by atoms with van der Waals surface area (Å²) in [6.07, 6.45) is 7.66. The molecule has 0 fully saturated rings. The van der Waals surface area contributed by atoms with Gasteiger partial charge in [-0.25, -0.2) is 4.99 Å². The smallest absolute Gasteiger partial charge is 0.255 e. The first kappa shape index (κ1) is 18.5. The van der Waals surface area contributed by atoms with Crippen LogP contribution in [0.1, 0.15) is 45.0 Å².